The number of ether oxygens (including phenoxy) is 1. The fraction of sp³-hybridized carbons (Fsp3) is 0.769. The fourth-order valence-electron chi connectivity index (χ4n) is 3.09. The summed E-state index contributed by atoms with van der Waals surface area (Å²) in [7, 11) is 1.29. The molecule has 7 heteroatoms. The van der Waals surface area contributed by atoms with Crippen LogP contribution in [0.15, 0.2) is 0 Å². The Bertz CT molecular complexity index is 412. The highest BCUT2D eigenvalue weighted by atomic mass is 16.5. The van der Waals surface area contributed by atoms with Gasteiger partial charge in [0.2, 0.25) is 5.91 Å². The van der Waals surface area contributed by atoms with Gasteiger partial charge in [-0.05, 0) is 19.3 Å². The number of carboxylic acids is 1. The first kappa shape index (κ1) is 14.6. The highest BCUT2D eigenvalue weighted by Crippen LogP contribution is 2.34. The van der Waals surface area contributed by atoms with Crippen LogP contribution in [-0.4, -0.2) is 54.2 Å². The summed E-state index contributed by atoms with van der Waals surface area (Å²) in [5, 5.41) is 11.8. The van der Waals surface area contributed by atoms with E-state index in [2.05, 4.69) is 10.1 Å². The van der Waals surface area contributed by atoms with Crippen LogP contribution in [0.3, 0.4) is 0 Å². The van der Waals surface area contributed by atoms with E-state index < -0.39 is 23.9 Å². The van der Waals surface area contributed by atoms with Gasteiger partial charge in [0.25, 0.3) is 0 Å². The average Bonchev–Trinajstić information content (AvgIpc) is 3.06. The van der Waals surface area contributed by atoms with Crippen LogP contribution in [0.25, 0.3) is 0 Å². The van der Waals surface area contributed by atoms with Crippen molar-refractivity contribution in [2.45, 2.75) is 31.7 Å². The van der Waals surface area contributed by atoms with Crippen LogP contribution in [0.4, 0.5) is 4.79 Å². The number of hydrogen-bond donors (Lipinski definition) is 2. The van der Waals surface area contributed by atoms with Gasteiger partial charge in [-0.15, -0.1) is 0 Å². The second-order valence-electron chi connectivity index (χ2n) is 5.39. The van der Waals surface area contributed by atoms with Crippen LogP contribution in [0, 0.1) is 11.8 Å². The Morgan fingerprint density at radius 3 is 2.55 bits per heavy atom. The van der Waals surface area contributed by atoms with E-state index in [1.54, 1.807) is 4.90 Å². The molecule has 2 N–H and O–H groups in total. The van der Waals surface area contributed by atoms with Crippen molar-refractivity contribution >= 4 is 18.0 Å². The maximum absolute atomic E-state index is 12.4. The normalized spacial score (nSPS) is 29.2. The Labute approximate surface area is 117 Å². The van der Waals surface area contributed by atoms with Crippen LogP contribution in [0.2, 0.25) is 0 Å². The van der Waals surface area contributed by atoms with E-state index in [-0.39, 0.29) is 11.9 Å². The lowest BCUT2D eigenvalue weighted by atomic mass is 9.95. The van der Waals surface area contributed by atoms with E-state index in [1.807, 2.05) is 0 Å². The minimum absolute atomic E-state index is 0.0935. The zero-order valence-corrected chi connectivity index (χ0v) is 11.5. The molecule has 1 saturated heterocycles. The highest BCUT2D eigenvalue weighted by molar-refractivity contribution is 5.85. The number of amides is 2. The molecule has 0 aromatic carbocycles. The largest absolute Gasteiger partial charge is 0.481 e. The van der Waals surface area contributed by atoms with E-state index in [0.29, 0.717) is 32.4 Å². The third-order valence-electron chi connectivity index (χ3n) is 4.16. The van der Waals surface area contributed by atoms with Gasteiger partial charge in [0, 0.05) is 13.1 Å². The van der Waals surface area contributed by atoms with Crippen molar-refractivity contribution in [3.05, 3.63) is 0 Å². The van der Waals surface area contributed by atoms with E-state index in [4.69, 9.17) is 5.11 Å². The molecule has 3 atom stereocenters. The van der Waals surface area contributed by atoms with Crippen molar-refractivity contribution in [3.63, 3.8) is 0 Å². The fourth-order valence-corrected chi connectivity index (χ4v) is 3.09. The van der Waals surface area contributed by atoms with Gasteiger partial charge in [-0.1, -0.05) is 6.42 Å². The predicted octanol–water partition coefficient (Wildman–Crippen LogP) is 0.444. The molecule has 0 aromatic heterocycles. The van der Waals surface area contributed by atoms with Crippen molar-refractivity contribution in [1.29, 1.82) is 0 Å². The van der Waals surface area contributed by atoms with E-state index in [9.17, 15) is 14.4 Å². The molecule has 0 spiro atoms. The zero-order chi connectivity index (χ0) is 14.7. The van der Waals surface area contributed by atoms with Crippen LogP contribution < -0.4 is 5.32 Å². The monoisotopic (exact) mass is 284 g/mol. The number of carbonyl (C=O) groups excluding carboxylic acids is 2. The van der Waals surface area contributed by atoms with Crippen molar-refractivity contribution in [2.24, 2.45) is 11.8 Å². The molecule has 1 aliphatic carbocycles. The molecule has 0 aromatic rings. The van der Waals surface area contributed by atoms with Crippen LogP contribution in [0.1, 0.15) is 25.7 Å². The number of nitrogens with zero attached hydrogens (tertiary/aromatic N) is 1. The van der Waals surface area contributed by atoms with Crippen molar-refractivity contribution in [2.75, 3.05) is 20.2 Å². The SMILES string of the molecule is COC(=O)NC1CCN(C(=O)[C@@H]2CCC[C@@H]2C(=O)O)C1. The first-order valence-corrected chi connectivity index (χ1v) is 6.89. The van der Waals surface area contributed by atoms with Gasteiger partial charge in [0.15, 0.2) is 0 Å². The summed E-state index contributed by atoms with van der Waals surface area (Å²) < 4.78 is 4.52. The number of carboxylic acid groups (broad SMARTS) is 1. The van der Waals surface area contributed by atoms with Gasteiger partial charge in [0.1, 0.15) is 0 Å². The number of hydrogen-bond acceptors (Lipinski definition) is 4. The smallest absolute Gasteiger partial charge is 0.407 e. The molecule has 1 aliphatic heterocycles. The number of aliphatic carboxylic acids is 1. The third-order valence-corrected chi connectivity index (χ3v) is 4.16. The first-order valence-electron chi connectivity index (χ1n) is 6.89. The topological polar surface area (TPSA) is 95.9 Å². The molecular weight excluding hydrogens is 264 g/mol. The van der Waals surface area contributed by atoms with Gasteiger partial charge < -0.3 is 20.1 Å². The molecule has 2 aliphatic rings. The zero-order valence-electron chi connectivity index (χ0n) is 11.5. The van der Waals surface area contributed by atoms with Crippen LogP contribution in [0.5, 0.6) is 0 Å². The molecule has 1 unspecified atom stereocenters. The maximum atomic E-state index is 12.4. The summed E-state index contributed by atoms with van der Waals surface area (Å²) in [6, 6.07) is -0.115. The Kier molecular flexibility index (Phi) is 4.46. The van der Waals surface area contributed by atoms with Gasteiger partial charge in [-0.3, -0.25) is 9.59 Å². The molecule has 0 bridgehead atoms. The Morgan fingerprint density at radius 1 is 1.20 bits per heavy atom. The lowest BCUT2D eigenvalue weighted by Crippen LogP contribution is -2.41. The van der Waals surface area contributed by atoms with Crippen molar-refractivity contribution in [3.8, 4) is 0 Å². The molecule has 2 amide bonds. The van der Waals surface area contributed by atoms with Gasteiger partial charge in [0.05, 0.1) is 25.0 Å². The van der Waals surface area contributed by atoms with Crippen molar-refractivity contribution < 1.29 is 24.2 Å². The number of likely N-dealkylation sites (tertiary alicyclic amines) is 1. The summed E-state index contributed by atoms with van der Waals surface area (Å²) >= 11 is 0. The molecule has 0 radical (unpaired) electrons. The molecule has 1 saturated carbocycles. The van der Waals surface area contributed by atoms with Crippen molar-refractivity contribution in [1.82, 2.24) is 10.2 Å². The van der Waals surface area contributed by atoms with Gasteiger partial charge in [-0.25, -0.2) is 4.79 Å². The lowest BCUT2D eigenvalue weighted by molar-refractivity contribution is -0.148. The van der Waals surface area contributed by atoms with Gasteiger partial charge >= 0.3 is 12.1 Å². The third kappa shape index (κ3) is 3.02. The number of methoxy groups -OCH3 is 1. The summed E-state index contributed by atoms with van der Waals surface area (Å²) in [6.07, 6.45) is 2.16. The molecule has 1 heterocycles. The summed E-state index contributed by atoms with van der Waals surface area (Å²) in [4.78, 5) is 36.3. The molecule has 2 fully saturated rings. The maximum Gasteiger partial charge on any atom is 0.407 e. The second kappa shape index (κ2) is 6.11. The quantitative estimate of drug-likeness (QED) is 0.784. The highest BCUT2D eigenvalue weighted by Gasteiger charge is 2.41. The lowest BCUT2D eigenvalue weighted by Gasteiger charge is -2.23. The number of carbonyl (C=O) groups is 3. The predicted molar refractivity (Wildman–Crippen MR) is 69.0 cm³/mol. The standard InChI is InChI=1S/C13H20N2O5/c1-20-13(19)14-8-5-6-15(7-8)11(16)9-3-2-4-10(9)12(17)18/h8-10H,2-7H2,1H3,(H,14,19)(H,17,18)/t8?,9-,10+/m1/s1. The first-order chi connectivity index (χ1) is 9.52. The number of nitrogens with one attached hydrogen (secondary N) is 1. The summed E-state index contributed by atoms with van der Waals surface area (Å²) in [6.45, 7) is 0.979. The van der Waals surface area contributed by atoms with Crippen LogP contribution in [-0.2, 0) is 14.3 Å². The average molecular weight is 284 g/mol. The van der Waals surface area contributed by atoms with E-state index >= 15 is 0 Å². The second-order valence-corrected chi connectivity index (χ2v) is 5.39. The summed E-state index contributed by atoms with van der Waals surface area (Å²) in [5.74, 6) is -1.95. The van der Waals surface area contributed by atoms with Gasteiger partial charge in [-0.2, -0.15) is 0 Å². The molecule has 112 valence electrons. The van der Waals surface area contributed by atoms with E-state index in [1.165, 1.54) is 7.11 Å². The molecular formula is C13H20N2O5. The number of alkyl carbamates (subject to hydrolysis) is 1. The van der Waals surface area contributed by atoms with E-state index in [0.717, 1.165) is 6.42 Å². The summed E-state index contributed by atoms with van der Waals surface area (Å²) in [5.41, 5.74) is 0. The minimum Gasteiger partial charge on any atom is -0.481 e. The Balaban J connectivity index is 1.91. The number of rotatable bonds is 3. The molecule has 7 nitrogen and oxygen atoms in total. The molecule has 20 heavy (non-hydrogen) atoms. The minimum atomic E-state index is -0.885. The Morgan fingerprint density at radius 2 is 1.90 bits per heavy atom. The van der Waals surface area contributed by atoms with Crippen LogP contribution >= 0.6 is 0 Å². The Hall–Kier alpha value is -1.79. The molecule has 2 rings (SSSR count).